The average molecular weight is 285 g/mol. The van der Waals surface area contributed by atoms with Crippen LogP contribution in [0.5, 0.6) is 0 Å². The van der Waals surface area contributed by atoms with Crippen LogP contribution in [0.1, 0.15) is 18.7 Å². The van der Waals surface area contributed by atoms with Gasteiger partial charge in [-0.25, -0.2) is 0 Å². The van der Waals surface area contributed by atoms with Crippen LogP contribution in [0.15, 0.2) is 9.05 Å². The van der Waals surface area contributed by atoms with Crippen molar-refractivity contribution in [1.82, 2.24) is 20.3 Å². The molecule has 0 aromatic carbocycles. The van der Waals surface area contributed by atoms with E-state index in [1.54, 1.807) is 0 Å². The van der Waals surface area contributed by atoms with Crippen molar-refractivity contribution < 1.29 is 28.5 Å². The van der Waals surface area contributed by atoms with Crippen molar-refractivity contribution in [2.75, 3.05) is 0 Å². The third-order valence-electron chi connectivity index (χ3n) is 1.83. The summed E-state index contributed by atoms with van der Waals surface area (Å²) < 4.78 is 14.1. The standard InChI is InChI=1S/C8H7N5O7/c1-4(14)17-2-5-9-7(11-19-5)8-10-6(20-12-8)3-18-13(15)16/h2-3H2,1H3. The zero-order chi connectivity index (χ0) is 14.5. The van der Waals surface area contributed by atoms with Crippen LogP contribution in [-0.4, -0.2) is 31.3 Å². The lowest BCUT2D eigenvalue weighted by Gasteiger charge is -1.93. The summed E-state index contributed by atoms with van der Waals surface area (Å²) in [5.41, 5.74) is 0. The Morgan fingerprint density at radius 1 is 1.20 bits per heavy atom. The first-order valence-electron chi connectivity index (χ1n) is 5.11. The number of ether oxygens (including phenoxy) is 1. The summed E-state index contributed by atoms with van der Waals surface area (Å²) in [6.45, 7) is 0.563. The molecule has 12 nitrogen and oxygen atoms in total. The van der Waals surface area contributed by atoms with Gasteiger partial charge in [-0.3, -0.25) is 4.79 Å². The Morgan fingerprint density at radius 3 is 2.25 bits per heavy atom. The smallest absolute Gasteiger partial charge is 0.303 e. The van der Waals surface area contributed by atoms with E-state index in [2.05, 4.69) is 34.4 Å². The van der Waals surface area contributed by atoms with E-state index >= 15 is 0 Å². The maximum Gasteiger partial charge on any atom is 0.303 e. The fourth-order valence-corrected chi connectivity index (χ4v) is 1.08. The lowest BCUT2D eigenvalue weighted by Crippen LogP contribution is -2.00. The Labute approximate surface area is 109 Å². The molecule has 0 aliphatic heterocycles. The van der Waals surface area contributed by atoms with Gasteiger partial charge in [-0.15, -0.1) is 10.1 Å². The maximum atomic E-state index is 10.6. The molecule has 2 heterocycles. The van der Waals surface area contributed by atoms with E-state index in [9.17, 15) is 14.9 Å². The van der Waals surface area contributed by atoms with Crippen molar-refractivity contribution in [3.8, 4) is 11.6 Å². The molecule has 0 aliphatic carbocycles. The molecule has 12 heteroatoms. The van der Waals surface area contributed by atoms with Crippen LogP contribution in [0.3, 0.4) is 0 Å². The molecule has 0 saturated heterocycles. The molecule has 0 atom stereocenters. The van der Waals surface area contributed by atoms with Gasteiger partial charge in [0.15, 0.2) is 13.2 Å². The number of nitrogens with zero attached hydrogens (tertiary/aromatic N) is 5. The molecule has 0 radical (unpaired) electrons. The van der Waals surface area contributed by atoms with E-state index in [1.807, 2.05) is 0 Å². The second-order valence-electron chi connectivity index (χ2n) is 3.30. The summed E-state index contributed by atoms with van der Waals surface area (Å²) in [5.74, 6) is -0.623. The zero-order valence-electron chi connectivity index (χ0n) is 10.0. The van der Waals surface area contributed by atoms with Gasteiger partial charge >= 0.3 is 5.97 Å². The topological polar surface area (TPSA) is 157 Å². The number of hydrogen-bond acceptors (Lipinski definition) is 11. The Balaban J connectivity index is 2.01. The number of esters is 1. The molecule has 0 spiro atoms. The first kappa shape index (κ1) is 13.4. The summed E-state index contributed by atoms with van der Waals surface area (Å²) in [5, 5.41) is 16.0. The SMILES string of the molecule is CC(=O)OCc1nc(-c2noc(CO[N+](=O)[O-])n2)no1. The van der Waals surface area contributed by atoms with Crippen molar-refractivity contribution in [2.24, 2.45) is 0 Å². The minimum Gasteiger partial charge on any atom is -0.456 e. The lowest BCUT2D eigenvalue weighted by molar-refractivity contribution is -0.763. The predicted octanol–water partition coefficient (Wildman–Crippen LogP) is -0.109. The molecule has 0 amide bonds. The fourth-order valence-electron chi connectivity index (χ4n) is 1.08. The first-order chi connectivity index (χ1) is 9.54. The Bertz CT molecular complexity index is 566. The van der Waals surface area contributed by atoms with Crippen molar-refractivity contribution in [3.63, 3.8) is 0 Å². The van der Waals surface area contributed by atoms with Crippen molar-refractivity contribution >= 4 is 5.97 Å². The highest BCUT2D eigenvalue weighted by Gasteiger charge is 2.16. The van der Waals surface area contributed by atoms with Gasteiger partial charge in [-0.05, 0) is 0 Å². The molecule has 20 heavy (non-hydrogen) atoms. The molecule has 2 aromatic heterocycles. The van der Waals surface area contributed by atoms with E-state index in [0.717, 1.165) is 0 Å². The van der Waals surface area contributed by atoms with E-state index in [-0.39, 0.29) is 30.0 Å². The van der Waals surface area contributed by atoms with Crippen molar-refractivity contribution in [1.29, 1.82) is 0 Å². The van der Waals surface area contributed by atoms with Gasteiger partial charge in [0.05, 0.1) is 0 Å². The lowest BCUT2D eigenvalue weighted by atomic mass is 10.5. The number of aromatic nitrogens is 4. The number of rotatable bonds is 6. The fraction of sp³-hybridized carbons (Fsp3) is 0.375. The van der Waals surface area contributed by atoms with Gasteiger partial charge in [0.25, 0.3) is 16.9 Å². The first-order valence-corrected chi connectivity index (χ1v) is 5.11. The molecular weight excluding hydrogens is 278 g/mol. The Morgan fingerprint density at radius 2 is 1.75 bits per heavy atom. The van der Waals surface area contributed by atoms with E-state index < -0.39 is 17.7 Å². The number of carbonyl (C=O) groups is 1. The monoisotopic (exact) mass is 285 g/mol. The molecule has 106 valence electrons. The average Bonchev–Trinajstić information content (AvgIpc) is 3.02. The highest BCUT2D eigenvalue weighted by Crippen LogP contribution is 2.12. The third kappa shape index (κ3) is 3.47. The maximum absolute atomic E-state index is 10.6. The van der Waals surface area contributed by atoms with Gasteiger partial charge in [-0.2, -0.15) is 9.97 Å². The van der Waals surface area contributed by atoms with Crippen LogP contribution >= 0.6 is 0 Å². The van der Waals surface area contributed by atoms with Gasteiger partial charge in [-0.1, -0.05) is 10.3 Å². The Kier molecular flexibility index (Phi) is 3.83. The second kappa shape index (κ2) is 5.73. The summed E-state index contributed by atoms with van der Waals surface area (Å²) in [6.07, 6.45) is 0. The van der Waals surface area contributed by atoms with Crippen LogP contribution < -0.4 is 0 Å². The van der Waals surface area contributed by atoms with Crippen LogP contribution in [0.4, 0.5) is 0 Å². The number of hydrogen-bond donors (Lipinski definition) is 0. The normalized spacial score (nSPS) is 10.2. The summed E-state index contributed by atoms with van der Waals surface area (Å²) in [4.78, 5) is 32.3. The van der Waals surface area contributed by atoms with Gasteiger partial charge in [0.1, 0.15) is 0 Å². The minimum absolute atomic E-state index is 0.0109. The quantitative estimate of drug-likeness (QED) is 0.396. The molecule has 2 rings (SSSR count). The summed E-state index contributed by atoms with van der Waals surface area (Å²) >= 11 is 0. The van der Waals surface area contributed by atoms with Crippen LogP contribution in [-0.2, 0) is 27.6 Å². The van der Waals surface area contributed by atoms with E-state index in [0.29, 0.717) is 0 Å². The molecule has 0 fully saturated rings. The Hall–Kier alpha value is -3.05. The van der Waals surface area contributed by atoms with Crippen LogP contribution in [0, 0.1) is 10.1 Å². The molecule has 0 bridgehead atoms. The van der Waals surface area contributed by atoms with Gasteiger partial charge in [0, 0.05) is 6.92 Å². The molecule has 0 aliphatic rings. The van der Waals surface area contributed by atoms with Crippen molar-refractivity contribution in [2.45, 2.75) is 20.1 Å². The third-order valence-corrected chi connectivity index (χ3v) is 1.83. The van der Waals surface area contributed by atoms with Crippen LogP contribution in [0.25, 0.3) is 11.6 Å². The zero-order valence-corrected chi connectivity index (χ0v) is 10.0. The highest BCUT2D eigenvalue weighted by molar-refractivity contribution is 5.65. The summed E-state index contributed by atoms with van der Waals surface area (Å²) in [6, 6.07) is 0. The molecule has 0 N–H and O–H groups in total. The minimum atomic E-state index is -0.991. The second-order valence-corrected chi connectivity index (χ2v) is 3.30. The molecule has 0 saturated carbocycles. The molecule has 0 unspecified atom stereocenters. The number of carbonyl (C=O) groups excluding carboxylic acids is 1. The molecular formula is C8H7N5O7. The van der Waals surface area contributed by atoms with E-state index in [4.69, 9.17) is 4.52 Å². The van der Waals surface area contributed by atoms with Gasteiger partial charge in [0.2, 0.25) is 11.6 Å². The predicted molar refractivity (Wildman–Crippen MR) is 54.8 cm³/mol. The van der Waals surface area contributed by atoms with Crippen molar-refractivity contribution in [3.05, 3.63) is 21.9 Å². The highest BCUT2D eigenvalue weighted by atomic mass is 17.0. The van der Waals surface area contributed by atoms with E-state index in [1.165, 1.54) is 6.92 Å². The molecule has 2 aromatic rings. The summed E-state index contributed by atoms with van der Waals surface area (Å²) in [7, 11) is 0. The van der Waals surface area contributed by atoms with Gasteiger partial charge < -0.3 is 18.6 Å². The largest absolute Gasteiger partial charge is 0.456 e. The van der Waals surface area contributed by atoms with Crippen LogP contribution in [0.2, 0.25) is 0 Å².